The Bertz CT molecular complexity index is 547. The highest BCUT2D eigenvalue weighted by Crippen LogP contribution is 2.30. The molecule has 0 spiro atoms. The summed E-state index contributed by atoms with van der Waals surface area (Å²) in [6.07, 6.45) is 2.92. The van der Waals surface area contributed by atoms with Gasteiger partial charge in [0.15, 0.2) is 0 Å². The molecule has 118 valence electrons. The van der Waals surface area contributed by atoms with Gasteiger partial charge in [0, 0.05) is 18.6 Å². The maximum Gasteiger partial charge on any atom is 0.243 e. The Morgan fingerprint density at radius 3 is 2.29 bits per heavy atom. The van der Waals surface area contributed by atoms with E-state index in [1.165, 1.54) is 0 Å². The van der Waals surface area contributed by atoms with E-state index in [0.717, 1.165) is 19.3 Å². The van der Waals surface area contributed by atoms with Gasteiger partial charge in [-0.25, -0.2) is 8.42 Å². The standard InChI is InChI=1S/C15H24N2O3S/c1-12-4-3-5-13(2)17(12)21(18,19)15-8-6-14(7-9-15)20-11-10-16/h6-9,12-13H,3-5,10-11,16H2,1-2H3/t12-,13+. The number of hydrogen-bond donors (Lipinski definition) is 1. The van der Waals surface area contributed by atoms with Crippen LogP contribution >= 0.6 is 0 Å². The van der Waals surface area contributed by atoms with Crippen molar-refractivity contribution in [3.8, 4) is 5.75 Å². The minimum absolute atomic E-state index is 0.0481. The maximum atomic E-state index is 12.8. The predicted octanol–water partition coefficient (Wildman–Crippen LogP) is 1.98. The molecule has 2 N–H and O–H groups in total. The summed E-state index contributed by atoms with van der Waals surface area (Å²) >= 11 is 0. The molecule has 21 heavy (non-hydrogen) atoms. The van der Waals surface area contributed by atoms with Crippen molar-refractivity contribution >= 4 is 10.0 Å². The zero-order valence-electron chi connectivity index (χ0n) is 12.7. The highest BCUT2D eigenvalue weighted by Gasteiger charge is 2.35. The number of rotatable bonds is 5. The molecule has 2 rings (SSSR count). The van der Waals surface area contributed by atoms with Crippen LogP contribution in [0.4, 0.5) is 0 Å². The Hall–Kier alpha value is -1.11. The topological polar surface area (TPSA) is 72.6 Å². The minimum Gasteiger partial charge on any atom is -0.492 e. The summed E-state index contributed by atoms with van der Waals surface area (Å²) in [6, 6.07) is 6.67. The molecule has 0 unspecified atom stereocenters. The lowest BCUT2D eigenvalue weighted by Crippen LogP contribution is -2.47. The lowest BCUT2D eigenvalue weighted by Gasteiger charge is -2.37. The van der Waals surface area contributed by atoms with Crippen molar-refractivity contribution in [3.63, 3.8) is 0 Å². The van der Waals surface area contributed by atoms with Crippen molar-refractivity contribution in [2.45, 2.75) is 50.1 Å². The molecule has 0 radical (unpaired) electrons. The number of nitrogens with zero attached hydrogens (tertiary/aromatic N) is 1. The first-order valence-electron chi connectivity index (χ1n) is 7.43. The molecular weight excluding hydrogens is 288 g/mol. The smallest absolute Gasteiger partial charge is 0.243 e. The number of sulfonamides is 1. The molecule has 1 heterocycles. The summed E-state index contributed by atoms with van der Waals surface area (Å²) in [4.78, 5) is 0.322. The second-order valence-electron chi connectivity index (χ2n) is 5.57. The van der Waals surface area contributed by atoms with E-state index >= 15 is 0 Å². The van der Waals surface area contributed by atoms with Crippen LogP contribution in [0, 0.1) is 0 Å². The fourth-order valence-electron chi connectivity index (χ4n) is 2.88. The molecule has 0 aliphatic carbocycles. The molecule has 6 heteroatoms. The van der Waals surface area contributed by atoms with Crippen LogP contribution in [0.1, 0.15) is 33.1 Å². The third-order valence-corrected chi connectivity index (χ3v) is 6.04. The minimum atomic E-state index is -3.44. The normalized spacial score (nSPS) is 24.0. The Morgan fingerprint density at radius 2 is 1.76 bits per heavy atom. The zero-order valence-corrected chi connectivity index (χ0v) is 13.5. The Labute approximate surface area is 127 Å². The first-order chi connectivity index (χ1) is 9.96. The van der Waals surface area contributed by atoms with Crippen LogP contribution in [-0.2, 0) is 10.0 Å². The van der Waals surface area contributed by atoms with Gasteiger partial charge >= 0.3 is 0 Å². The van der Waals surface area contributed by atoms with E-state index in [1.807, 2.05) is 13.8 Å². The van der Waals surface area contributed by atoms with E-state index in [1.54, 1.807) is 28.6 Å². The fourth-order valence-corrected chi connectivity index (χ4v) is 4.76. The van der Waals surface area contributed by atoms with Gasteiger partial charge in [0.05, 0.1) is 4.90 Å². The van der Waals surface area contributed by atoms with Gasteiger partial charge in [0.1, 0.15) is 12.4 Å². The fraction of sp³-hybridized carbons (Fsp3) is 0.600. The van der Waals surface area contributed by atoms with Crippen molar-refractivity contribution in [1.29, 1.82) is 0 Å². The van der Waals surface area contributed by atoms with E-state index in [4.69, 9.17) is 10.5 Å². The third-order valence-electron chi connectivity index (χ3n) is 3.90. The van der Waals surface area contributed by atoms with Gasteiger partial charge in [-0.05, 0) is 51.0 Å². The molecule has 1 fully saturated rings. The predicted molar refractivity (Wildman–Crippen MR) is 82.8 cm³/mol. The first kappa shape index (κ1) is 16.3. The van der Waals surface area contributed by atoms with Crippen LogP contribution in [0.15, 0.2) is 29.2 Å². The SMILES string of the molecule is C[C@@H]1CCC[C@H](C)N1S(=O)(=O)c1ccc(OCCN)cc1. The second-order valence-corrected chi connectivity index (χ2v) is 7.42. The lowest BCUT2D eigenvalue weighted by atomic mass is 10.0. The summed E-state index contributed by atoms with van der Waals surface area (Å²) in [6.45, 7) is 4.81. The Morgan fingerprint density at radius 1 is 1.19 bits per heavy atom. The van der Waals surface area contributed by atoms with Gasteiger partial charge in [-0.2, -0.15) is 4.31 Å². The van der Waals surface area contributed by atoms with E-state index in [2.05, 4.69) is 0 Å². The third kappa shape index (κ3) is 3.56. The molecule has 1 aliphatic rings. The van der Waals surface area contributed by atoms with Crippen LogP contribution < -0.4 is 10.5 Å². The Balaban J connectivity index is 2.22. The zero-order chi connectivity index (χ0) is 15.5. The van der Waals surface area contributed by atoms with Crippen LogP contribution in [0.5, 0.6) is 5.75 Å². The lowest BCUT2D eigenvalue weighted by molar-refractivity contribution is 0.204. The molecule has 1 aromatic carbocycles. The van der Waals surface area contributed by atoms with E-state index < -0.39 is 10.0 Å². The highest BCUT2D eigenvalue weighted by atomic mass is 32.2. The summed E-state index contributed by atoms with van der Waals surface area (Å²) < 4.78 is 32.6. The summed E-state index contributed by atoms with van der Waals surface area (Å²) in [5.41, 5.74) is 5.38. The van der Waals surface area contributed by atoms with Gasteiger partial charge in [0.25, 0.3) is 0 Å². The van der Waals surface area contributed by atoms with Crippen LogP contribution in [0.2, 0.25) is 0 Å². The van der Waals surface area contributed by atoms with Crippen molar-refractivity contribution in [2.75, 3.05) is 13.2 Å². The van der Waals surface area contributed by atoms with E-state index in [0.29, 0.717) is 23.8 Å². The molecule has 0 amide bonds. The van der Waals surface area contributed by atoms with Gasteiger partial charge < -0.3 is 10.5 Å². The Kier molecular flexibility index (Phi) is 5.24. The summed E-state index contributed by atoms with van der Waals surface area (Å²) in [5.74, 6) is 0.638. The number of ether oxygens (including phenoxy) is 1. The average molecular weight is 312 g/mol. The quantitative estimate of drug-likeness (QED) is 0.902. The number of hydrogen-bond acceptors (Lipinski definition) is 4. The van der Waals surface area contributed by atoms with Crippen molar-refractivity contribution in [2.24, 2.45) is 5.73 Å². The largest absolute Gasteiger partial charge is 0.492 e. The molecule has 1 aromatic rings. The molecule has 2 atom stereocenters. The van der Waals surface area contributed by atoms with Crippen molar-refractivity contribution < 1.29 is 13.2 Å². The van der Waals surface area contributed by atoms with Gasteiger partial charge in [-0.3, -0.25) is 0 Å². The molecule has 5 nitrogen and oxygen atoms in total. The van der Waals surface area contributed by atoms with Gasteiger partial charge in [0.2, 0.25) is 10.0 Å². The van der Waals surface area contributed by atoms with E-state index in [-0.39, 0.29) is 12.1 Å². The average Bonchev–Trinajstić information content (AvgIpc) is 2.45. The first-order valence-corrected chi connectivity index (χ1v) is 8.87. The van der Waals surface area contributed by atoms with Gasteiger partial charge in [-0.15, -0.1) is 0 Å². The van der Waals surface area contributed by atoms with Crippen molar-refractivity contribution in [1.82, 2.24) is 4.31 Å². The van der Waals surface area contributed by atoms with Crippen LogP contribution in [0.25, 0.3) is 0 Å². The highest BCUT2D eigenvalue weighted by molar-refractivity contribution is 7.89. The molecular formula is C15H24N2O3S. The van der Waals surface area contributed by atoms with Crippen molar-refractivity contribution in [3.05, 3.63) is 24.3 Å². The maximum absolute atomic E-state index is 12.8. The molecule has 0 saturated carbocycles. The molecule has 1 aliphatic heterocycles. The van der Waals surface area contributed by atoms with Crippen LogP contribution in [-0.4, -0.2) is 38.0 Å². The number of piperidine rings is 1. The van der Waals surface area contributed by atoms with Crippen LogP contribution in [0.3, 0.4) is 0 Å². The molecule has 0 aromatic heterocycles. The van der Waals surface area contributed by atoms with E-state index in [9.17, 15) is 8.42 Å². The number of benzene rings is 1. The summed E-state index contributed by atoms with van der Waals surface area (Å²) in [5, 5.41) is 0. The molecule has 0 bridgehead atoms. The number of nitrogens with two attached hydrogens (primary N) is 1. The second kappa shape index (κ2) is 6.77. The van der Waals surface area contributed by atoms with Gasteiger partial charge in [-0.1, -0.05) is 6.42 Å². The molecule has 1 saturated heterocycles. The summed E-state index contributed by atoms with van der Waals surface area (Å²) in [7, 11) is -3.44. The monoisotopic (exact) mass is 312 g/mol.